The van der Waals surface area contributed by atoms with Crippen molar-refractivity contribution in [3.63, 3.8) is 0 Å². The Hall–Kier alpha value is -2.54. The van der Waals surface area contributed by atoms with Gasteiger partial charge in [0, 0.05) is 36.2 Å². The van der Waals surface area contributed by atoms with Gasteiger partial charge in [-0.3, -0.25) is 9.69 Å². The first-order valence-electron chi connectivity index (χ1n) is 10.2. The quantitative estimate of drug-likeness (QED) is 0.769. The first kappa shape index (κ1) is 18.5. The molecular weight excluding hydrogens is 372 g/mol. The fourth-order valence-electron chi connectivity index (χ4n) is 5.93. The average molecular weight is 398 g/mol. The molecule has 7 heteroatoms. The number of anilines is 1. The van der Waals surface area contributed by atoms with E-state index in [1.807, 2.05) is 18.2 Å². The van der Waals surface area contributed by atoms with Crippen molar-refractivity contribution in [2.45, 2.75) is 37.3 Å². The highest BCUT2D eigenvalue weighted by molar-refractivity contribution is 6.07. The number of nitrogens with zero attached hydrogens (tertiary/aromatic N) is 1. The Morgan fingerprint density at radius 2 is 2.17 bits per heavy atom. The summed E-state index contributed by atoms with van der Waals surface area (Å²) < 4.78 is 16.1. The second kappa shape index (κ2) is 6.49. The summed E-state index contributed by atoms with van der Waals surface area (Å²) >= 11 is 0. The lowest BCUT2D eigenvalue weighted by Gasteiger charge is -2.48. The molecular formula is C22H26N2O5. The summed E-state index contributed by atoms with van der Waals surface area (Å²) in [6.07, 6.45) is 3.11. The SMILES string of the molecule is COC(=O)C1=CO[C@@H](C)[C@@H]2CN3CC[C@@]4(C(=O)Nc5cc(OC)ccc54)[C@@H]3C[C@H]12. The van der Waals surface area contributed by atoms with E-state index < -0.39 is 5.41 Å². The molecule has 0 saturated carbocycles. The maximum atomic E-state index is 13.3. The lowest BCUT2D eigenvalue weighted by molar-refractivity contribution is -0.139. The summed E-state index contributed by atoms with van der Waals surface area (Å²) in [7, 11) is 3.02. The molecule has 0 aliphatic carbocycles. The Bertz CT molecular complexity index is 912. The topological polar surface area (TPSA) is 77.1 Å². The van der Waals surface area contributed by atoms with Crippen LogP contribution in [0.1, 0.15) is 25.3 Å². The van der Waals surface area contributed by atoms with Gasteiger partial charge in [-0.25, -0.2) is 4.79 Å². The van der Waals surface area contributed by atoms with Gasteiger partial charge in [0.2, 0.25) is 5.91 Å². The van der Waals surface area contributed by atoms with E-state index in [-0.39, 0.29) is 35.9 Å². The predicted octanol–water partition coefficient (Wildman–Crippen LogP) is 2.07. The number of hydrogen-bond acceptors (Lipinski definition) is 6. The number of piperidine rings is 1. The van der Waals surface area contributed by atoms with Crippen LogP contribution in [-0.4, -0.2) is 56.2 Å². The van der Waals surface area contributed by atoms with E-state index in [2.05, 4.69) is 17.1 Å². The van der Waals surface area contributed by atoms with Gasteiger partial charge in [-0.1, -0.05) is 6.07 Å². The average Bonchev–Trinajstić information content (AvgIpc) is 3.25. The van der Waals surface area contributed by atoms with Crippen LogP contribution in [0.4, 0.5) is 5.69 Å². The van der Waals surface area contributed by atoms with Crippen molar-refractivity contribution >= 4 is 17.6 Å². The maximum Gasteiger partial charge on any atom is 0.337 e. The molecule has 1 aromatic rings. The fraction of sp³-hybridized carbons (Fsp3) is 0.545. The van der Waals surface area contributed by atoms with Crippen LogP contribution in [0.5, 0.6) is 5.75 Å². The van der Waals surface area contributed by atoms with E-state index in [9.17, 15) is 9.59 Å². The third-order valence-corrected chi connectivity index (χ3v) is 7.44. The first-order chi connectivity index (χ1) is 14.0. The standard InChI is InChI=1S/C22H26N2O5/c1-12-15-10-24-7-6-22(17-5-4-13(27-2)8-18(17)23-21(22)26)19(24)9-14(15)16(11-29-12)20(25)28-3/h4-5,8,11-12,14-15,19H,6-7,9-10H2,1-3H3,(H,23,26)/t12-,14-,15-,19-,22-/m0/s1. The molecule has 0 radical (unpaired) electrons. The minimum absolute atomic E-state index is 0.0255. The van der Waals surface area contributed by atoms with Gasteiger partial charge in [-0.05, 0) is 37.9 Å². The molecule has 2 fully saturated rings. The molecule has 0 unspecified atom stereocenters. The van der Waals surface area contributed by atoms with Crippen molar-refractivity contribution in [3.8, 4) is 5.75 Å². The number of amides is 1. The van der Waals surface area contributed by atoms with Crippen LogP contribution in [0.25, 0.3) is 0 Å². The van der Waals surface area contributed by atoms with Crippen molar-refractivity contribution in [2.75, 3.05) is 32.6 Å². The predicted molar refractivity (Wildman–Crippen MR) is 106 cm³/mol. The summed E-state index contributed by atoms with van der Waals surface area (Å²) in [5, 5.41) is 3.09. The van der Waals surface area contributed by atoms with Crippen molar-refractivity contribution < 1.29 is 23.8 Å². The van der Waals surface area contributed by atoms with Crippen LogP contribution in [0, 0.1) is 11.8 Å². The number of ether oxygens (including phenoxy) is 3. The molecule has 4 aliphatic rings. The summed E-state index contributed by atoms with van der Waals surface area (Å²) in [5.41, 5.74) is 1.88. The van der Waals surface area contributed by atoms with Gasteiger partial charge in [-0.15, -0.1) is 0 Å². The minimum Gasteiger partial charge on any atom is -0.497 e. The number of fused-ring (bicyclic) bond motifs is 5. The molecule has 5 rings (SSSR count). The second-order valence-electron chi connectivity index (χ2n) is 8.51. The third kappa shape index (κ3) is 2.46. The molecule has 5 atom stereocenters. The Morgan fingerprint density at radius 1 is 1.34 bits per heavy atom. The zero-order valence-electron chi connectivity index (χ0n) is 16.9. The minimum atomic E-state index is -0.588. The molecule has 4 heterocycles. The van der Waals surface area contributed by atoms with E-state index in [1.165, 1.54) is 7.11 Å². The van der Waals surface area contributed by atoms with E-state index in [0.29, 0.717) is 5.57 Å². The Labute approximate surface area is 170 Å². The lowest BCUT2D eigenvalue weighted by Crippen LogP contribution is -2.56. The number of nitrogens with one attached hydrogen (secondary N) is 1. The first-order valence-corrected chi connectivity index (χ1v) is 10.2. The van der Waals surface area contributed by atoms with Gasteiger partial charge in [0.05, 0.1) is 37.6 Å². The molecule has 1 aromatic carbocycles. The lowest BCUT2D eigenvalue weighted by atomic mass is 9.66. The van der Waals surface area contributed by atoms with Crippen LogP contribution in [0.2, 0.25) is 0 Å². The molecule has 1 amide bonds. The zero-order chi connectivity index (χ0) is 20.3. The van der Waals surface area contributed by atoms with Gasteiger partial charge in [0.15, 0.2) is 0 Å². The molecule has 154 valence electrons. The largest absolute Gasteiger partial charge is 0.497 e. The highest BCUT2D eigenvalue weighted by Gasteiger charge is 2.61. The van der Waals surface area contributed by atoms with Crippen molar-refractivity contribution in [1.82, 2.24) is 4.90 Å². The van der Waals surface area contributed by atoms with Crippen LogP contribution in [-0.2, 0) is 24.5 Å². The Balaban J connectivity index is 1.54. The summed E-state index contributed by atoms with van der Waals surface area (Å²) in [6.45, 7) is 3.72. The molecule has 1 spiro atoms. The summed E-state index contributed by atoms with van der Waals surface area (Å²) in [6, 6.07) is 5.88. The number of hydrogen-bond donors (Lipinski definition) is 1. The number of rotatable bonds is 2. The molecule has 1 N–H and O–H groups in total. The van der Waals surface area contributed by atoms with Gasteiger partial charge in [0.25, 0.3) is 0 Å². The normalized spacial score (nSPS) is 35.1. The fourth-order valence-corrected chi connectivity index (χ4v) is 5.93. The maximum absolute atomic E-state index is 13.3. The van der Waals surface area contributed by atoms with Crippen LogP contribution in [0.3, 0.4) is 0 Å². The highest BCUT2D eigenvalue weighted by atomic mass is 16.5. The van der Waals surface area contributed by atoms with Crippen molar-refractivity contribution in [1.29, 1.82) is 0 Å². The third-order valence-electron chi connectivity index (χ3n) is 7.44. The Morgan fingerprint density at radius 3 is 2.93 bits per heavy atom. The second-order valence-corrected chi connectivity index (χ2v) is 8.51. The van der Waals surface area contributed by atoms with Crippen molar-refractivity contribution in [3.05, 3.63) is 35.6 Å². The highest BCUT2D eigenvalue weighted by Crippen LogP contribution is 2.54. The van der Waals surface area contributed by atoms with Gasteiger partial charge in [0.1, 0.15) is 5.75 Å². The zero-order valence-corrected chi connectivity index (χ0v) is 16.9. The molecule has 0 bridgehead atoms. The smallest absolute Gasteiger partial charge is 0.337 e. The van der Waals surface area contributed by atoms with E-state index in [4.69, 9.17) is 14.2 Å². The number of carbonyl (C=O) groups excluding carboxylic acids is 2. The summed E-state index contributed by atoms with van der Waals surface area (Å²) in [4.78, 5) is 28.1. The van der Waals surface area contributed by atoms with Gasteiger partial charge in [-0.2, -0.15) is 0 Å². The van der Waals surface area contributed by atoms with Gasteiger partial charge < -0.3 is 19.5 Å². The van der Waals surface area contributed by atoms with Crippen LogP contribution >= 0.6 is 0 Å². The number of benzene rings is 1. The molecule has 7 nitrogen and oxygen atoms in total. The molecule has 4 aliphatic heterocycles. The van der Waals surface area contributed by atoms with Gasteiger partial charge >= 0.3 is 5.97 Å². The van der Waals surface area contributed by atoms with E-state index in [0.717, 1.165) is 42.9 Å². The van der Waals surface area contributed by atoms with Crippen molar-refractivity contribution in [2.24, 2.45) is 11.8 Å². The van der Waals surface area contributed by atoms with Crippen LogP contribution < -0.4 is 10.1 Å². The number of esters is 1. The monoisotopic (exact) mass is 398 g/mol. The van der Waals surface area contributed by atoms with E-state index in [1.54, 1.807) is 13.4 Å². The molecule has 0 aromatic heterocycles. The van der Waals surface area contributed by atoms with Crippen LogP contribution in [0.15, 0.2) is 30.0 Å². The summed E-state index contributed by atoms with van der Waals surface area (Å²) in [5.74, 6) is 0.676. The molecule has 2 saturated heterocycles. The number of carbonyl (C=O) groups is 2. The van der Waals surface area contributed by atoms with E-state index >= 15 is 0 Å². The molecule has 29 heavy (non-hydrogen) atoms. The Kier molecular flexibility index (Phi) is 4.13. The number of methoxy groups -OCH3 is 2.